The zero-order valence-electron chi connectivity index (χ0n) is 14.8. The summed E-state index contributed by atoms with van der Waals surface area (Å²) < 4.78 is 1.82. The summed E-state index contributed by atoms with van der Waals surface area (Å²) in [6.45, 7) is 2.74. The molecule has 0 aromatic carbocycles. The summed E-state index contributed by atoms with van der Waals surface area (Å²) in [6.07, 6.45) is 10.8. The van der Waals surface area contributed by atoms with E-state index in [-0.39, 0.29) is 11.8 Å². The lowest BCUT2D eigenvalue weighted by atomic mass is 9.91. The highest BCUT2D eigenvalue weighted by atomic mass is 16.1. The molecule has 4 rings (SSSR count). The van der Waals surface area contributed by atoms with E-state index in [0.717, 1.165) is 47.7 Å². The number of fused-ring (bicyclic) bond motifs is 1. The smallest absolute Gasteiger partial charge is 0.226 e. The summed E-state index contributed by atoms with van der Waals surface area (Å²) in [7, 11) is 0. The van der Waals surface area contributed by atoms with Crippen molar-refractivity contribution in [2.24, 2.45) is 0 Å². The summed E-state index contributed by atoms with van der Waals surface area (Å²) in [6, 6.07) is 3.90. The normalized spacial score (nSPS) is 16.3. The van der Waals surface area contributed by atoms with E-state index in [1.807, 2.05) is 35.4 Å². The summed E-state index contributed by atoms with van der Waals surface area (Å²) >= 11 is 0. The molecule has 0 aliphatic carbocycles. The molecule has 0 bridgehead atoms. The van der Waals surface area contributed by atoms with E-state index < -0.39 is 0 Å². The van der Waals surface area contributed by atoms with Gasteiger partial charge in [0.25, 0.3) is 0 Å². The lowest BCUT2D eigenvalue weighted by Gasteiger charge is -2.22. The molecule has 0 spiro atoms. The fourth-order valence-corrected chi connectivity index (χ4v) is 3.36. The minimum atomic E-state index is -0.0377. The van der Waals surface area contributed by atoms with Gasteiger partial charge < -0.3 is 10.3 Å². The second-order valence-electron chi connectivity index (χ2n) is 6.66. The average molecular weight is 350 g/mol. The Balaban J connectivity index is 1.62. The van der Waals surface area contributed by atoms with Gasteiger partial charge in [0, 0.05) is 48.6 Å². The summed E-state index contributed by atoms with van der Waals surface area (Å²) in [5.41, 5.74) is 3.05. The number of imidazole rings is 1. The van der Waals surface area contributed by atoms with Gasteiger partial charge in [0.15, 0.2) is 0 Å². The Labute approximate surface area is 151 Å². The standard InChI is InChI=1S/C19H22N6O/c1-2-3-6-17-21-11-16(23-17)14-8-18(26)24-19-15(14)10-22-25(19)12-13-5-4-7-20-9-13/h4-5,7,9-11,14H,2-3,6,8,12H2,1H3,(H,21,23)(H,24,26)/t14-/m0/s1. The SMILES string of the molecule is CCCCc1ncc([C@H]2CC(=O)Nc3c2cnn3Cc2cccnc2)[nH]1. The number of pyridine rings is 1. The lowest BCUT2D eigenvalue weighted by Crippen LogP contribution is -2.25. The maximum Gasteiger partial charge on any atom is 0.226 e. The maximum absolute atomic E-state index is 12.3. The van der Waals surface area contributed by atoms with Crippen molar-refractivity contribution in [2.45, 2.75) is 45.1 Å². The van der Waals surface area contributed by atoms with Crippen LogP contribution in [0.15, 0.2) is 36.9 Å². The fraction of sp³-hybridized carbons (Fsp3) is 0.368. The average Bonchev–Trinajstić information content (AvgIpc) is 3.28. The number of carbonyl (C=O) groups is 1. The monoisotopic (exact) mass is 350 g/mol. The van der Waals surface area contributed by atoms with Gasteiger partial charge in [0.05, 0.1) is 12.7 Å². The van der Waals surface area contributed by atoms with Gasteiger partial charge in [-0.25, -0.2) is 9.67 Å². The van der Waals surface area contributed by atoms with E-state index in [2.05, 4.69) is 32.3 Å². The molecule has 7 nitrogen and oxygen atoms in total. The number of aryl methyl sites for hydroxylation is 1. The van der Waals surface area contributed by atoms with Crippen LogP contribution in [-0.2, 0) is 17.8 Å². The molecule has 7 heteroatoms. The van der Waals surface area contributed by atoms with Crippen LogP contribution in [0.5, 0.6) is 0 Å². The van der Waals surface area contributed by atoms with Crippen LogP contribution in [0.4, 0.5) is 5.82 Å². The molecule has 134 valence electrons. The van der Waals surface area contributed by atoms with E-state index in [9.17, 15) is 4.79 Å². The second-order valence-corrected chi connectivity index (χ2v) is 6.66. The number of H-pyrrole nitrogens is 1. The van der Waals surface area contributed by atoms with Crippen molar-refractivity contribution in [3.8, 4) is 0 Å². The van der Waals surface area contributed by atoms with Crippen molar-refractivity contribution in [2.75, 3.05) is 5.32 Å². The Hall–Kier alpha value is -2.96. The Kier molecular flexibility index (Phi) is 4.51. The first-order chi connectivity index (χ1) is 12.7. The molecule has 0 saturated heterocycles. The third-order valence-corrected chi connectivity index (χ3v) is 4.74. The summed E-state index contributed by atoms with van der Waals surface area (Å²) in [4.78, 5) is 24.3. The molecule has 1 atom stereocenters. The third kappa shape index (κ3) is 3.24. The van der Waals surface area contributed by atoms with Crippen molar-refractivity contribution < 1.29 is 4.79 Å². The van der Waals surface area contributed by atoms with Crippen LogP contribution in [0, 0.1) is 0 Å². The predicted molar refractivity (Wildman–Crippen MR) is 97.9 cm³/mol. The van der Waals surface area contributed by atoms with E-state index in [1.165, 1.54) is 0 Å². The Morgan fingerprint density at radius 2 is 2.23 bits per heavy atom. The van der Waals surface area contributed by atoms with Crippen molar-refractivity contribution in [1.29, 1.82) is 0 Å². The number of nitrogens with zero attached hydrogens (tertiary/aromatic N) is 4. The molecule has 1 aliphatic heterocycles. The van der Waals surface area contributed by atoms with E-state index >= 15 is 0 Å². The third-order valence-electron chi connectivity index (χ3n) is 4.74. The lowest BCUT2D eigenvalue weighted by molar-refractivity contribution is -0.116. The maximum atomic E-state index is 12.3. The largest absolute Gasteiger partial charge is 0.345 e. The highest BCUT2D eigenvalue weighted by molar-refractivity contribution is 5.94. The molecule has 0 saturated carbocycles. The van der Waals surface area contributed by atoms with Crippen molar-refractivity contribution >= 4 is 11.7 Å². The van der Waals surface area contributed by atoms with Crippen LogP contribution in [0.25, 0.3) is 0 Å². The van der Waals surface area contributed by atoms with Crippen LogP contribution in [0.2, 0.25) is 0 Å². The fourth-order valence-electron chi connectivity index (χ4n) is 3.36. The minimum Gasteiger partial charge on any atom is -0.345 e. The first-order valence-corrected chi connectivity index (χ1v) is 9.03. The van der Waals surface area contributed by atoms with Gasteiger partial charge in [0.2, 0.25) is 5.91 Å². The van der Waals surface area contributed by atoms with Gasteiger partial charge in [-0.15, -0.1) is 0 Å². The zero-order valence-corrected chi connectivity index (χ0v) is 14.8. The highest BCUT2D eigenvalue weighted by Crippen LogP contribution is 2.36. The first kappa shape index (κ1) is 16.5. The Bertz CT molecular complexity index is 898. The molecule has 26 heavy (non-hydrogen) atoms. The zero-order chi connectivity index (χ0) is 17.9. The molecule has 0 unspecified atom stereocenters. The number of amides is 1. The number of carbonyl (C=O) groups excluding carboxylic acids is 1. The number of nitrogens with one attached hydrogen (secondary N) is 2. The van der Waals surface area contributed by atoms with E-state index in [0.29, 0.717) is 13.0 Å². The van der Waals surface area contributed by atoms with Crippen LogP contribution >= 0.6 is 0 Å². The minimum absolute atomic E-state index is 0.000134. The molecule has 3 aromatic heterocycles. The molecule has 4 heterocycles. The number of hydrogen-bond donors (Lipinski definition) is 2. The quantitative estimate of drug-likeness (QED) is 0.715. The van der Waals surface area contributed by atoms with Crippen molar-refractivity contribution in [3.05, 3.63) is 59.6 Å². The Morgan fingerprint density at radius 3 is 3.04 bits per heavy atom. The van der Waals surface area contributed by atoms with Crippen LogP contribution < -0.4 is 5.32 Å². The van der Waals surface area contributed by atoms with Gasteiger partial charge in [-0.1, -0.05) is 19.4 Å². The van der Waals surface area contributed by atoms with E-state index in [1.54, 1.807) is 6.20 Å². The number of aromatic nitrogens is 5. The van der Waals surface area contributed by atoms with Crippen LogP contribution in [0.1, 0.15) is 54.7 Å². The van der Waals surface area contributed by atoms with Crippen molar-refractivity contribution in [1.82, 2.24) is 24.7 Å². The number of unbranched alkanes of at least 4 members (excludes halogenated alkanes) is 1. The number of aromatic amines is 1. The summed E-state index contributed by atoms with van der Waals surface area (Å²) in [5.74, 6) is 1.71. The Morgan fingerprint density at radius 1 is 1.31 bits per heavy atom. The first-order valence-electron chi connectivity index (χ1n) is 9.03. The number of hydrogen-bond acceptors (Lipinski definition) is 4. The van der Waals surface area contributed by atoms with E-state index in [4.69, 9.17) is 0 Å². The second kappa shape index (κ2) is 7.11. The molecular formula is C19H22N6O. The van der Waals surface area contributed by atoms with Gasteiger partial charge in [0.1, 0.15) is 11.6 Å². The van der Waals surface area contributed by atoms with Crippen LogP contribution in [-0.4, -0.2) is 30.6 Å². The van der Waals surface area contributed by atoms with Gasteiger partial charge in [-0.05, 0) is 18.1 Å². The van der Waals surface area contributed by atoms with Crippen LogP contribution in [0.3, 0.4) is 0 Å². The molecule has 1 amide bonds. The number of rotatable bonds is 6. The molecule has 0 fully saturated rings. The van der Waals surface area contributed by atoms with Crippen molar-refractivity contribution in [3.63, 3.8) is 0 Å². The highest BCUT2D eigenvalue weighted by Gasteiger charge is 2.31. The van der Waals surface area contributed by atoms with Gasteiger partial charge in [-0.3, -0.25) is 9.78 Å². The molecular weight excluding hydrogens is 328 g/mol. The molecule has 3 aromatic rings. The van der Waals surface area contributed by atoms with Gasteiger partial charge >= 0.3 is 0 Å². The van der Waals surface area contributed by atoms with Gasteiger partial charge in [-0.2, -0.15) is 5.10 Å². The predicted octanol–water partition coefficient (Wildman–Crippen LogP) is 2.87. The number of anilines is 1. The summed E-state index contributed by atoms with van der Waals surface area (Å²) in [5, 5.41) is 7.48. The topological polar surface area (TPSA) is 88.5 Å². The molecule has 2 N–H and O–H groups in total. The molecule has 0 radical (unpaired) electrons. The molecule has 1 aliphatic rings.